The van der Waals surface area contributed by atoms with Crippen molar-refractivity contribution in [1.29, 1.82) is 0 Å². The molecule has 2 atom stereocenters. The second-order valence-corrected chi connectivity index (χ2v) is 41.3. The number of carbonyl (C=O) groups excluding carboxylic acids is 2. The van der Waals surface area contributed by atoms with Crippen molar-refractivity contribution in [2.45, 2.75) is 276 Å². The van der Waals surface area contributed by atoms with Gasteiger partial charge >= 0.3 is 11.9 Å². The van der Waals surface area contributed by atoms with Gasteiger partial charge in [-0.25, -0.2) is 0 Å². The van der Waals surface area contributed by atoms with Crippen molar-refractivity contribution < 1.29 is 27.9 Å². The Balaban J connectivity index is 0.000000337. The van der Waals surface area contributed by atoms with Crippen LogP contribution >= 0.6 is 11.6 Å². The van der Waals surface area contributed by atoms with Crippen molar-refractivity contribution in [3.8, 4) is 22.5 Å². The zero-order chi connectivity index (χ0) is 69.9. The van der Waals surface area contributed by atoms with Crippen molar-refractivity contribution in [2.24, 2.45) is 10.8 Å². The summed E-state index contributed by atoms with van der Waals surface area (Å²) in [4.78, 5) is 24.2. The fourth-order valence-electron chi connectivity index (χ4n) is 12.5. The number of carbonyl (C=O) groups is 2. The van der Waals surface area contributed by atoms with Gasteiger partial charge in [0.1, 0.15) is 0 Å². The second kappa shape index (κ2) is 32.1. The van der Waals surface area contributed by atoms with Gasteiger partial charge in [-0.2, -0.15) is 10.2 Å². The maximum Gasteiger partial charge on any atom is 0.310 e. The number of rotatable bonds is 26. The number of benzene rings is 4. The predicted octanol–water partition coefficient (Wildman–Crippen LogP) is 21.3. The minimum absolute atomic E-state index is 0.0664. The van der Waals surface area contributed by atoms with E-state index in [9.17, 15) is 9.59 Å². The van der Waals surface area contributed by atoms with E-state index in [-0.39, 0.29) is 73.9 Å². The van der Waals surface area contributed by atoms with Crippen LogP contribution in [0.15, 0.2) is 91.1 Å². The molecule has 0 amide bonds. The fraction of sp³-hybridized carbons (Fsp3) is 0.575. The molecule has 4 aromatic carbocycles. The third-order valence-electron chi connectivity index (χ3n) is 20.9. The lowest BCUT2D eigenvalue weighted by atomic mass is 9.69. The molecule has 13 heteroatoms. The van der Waals surface area contributed by atoms with E-state index in [0.717, 1.165) is 84.9 Å². The first-order valence-electron chi connectivity index (χ1n) is 34.6. The Morgan fingerprint density at radius 3 is 1.17 bits per heavy atom. The number of aryl methyl sites for hydroxylation is 6. The molecule has 10 nitrogen and oxygen atoms in total. The number of ether oxygens (including phenoxy) is 2. The predicted molar refractivity (Wildman–Crippen MR) is 395 cm³/mol. The van der Waals surface area contributed by atoms with Crippen LogP contribution in [0.5, 0.6) is 0 Å². The Kier molecular flexibility index (Phi) is 27.0. The van der Waals surface area contributed by atoms with E-state index < -0.39 is 16.6 Å². The Hall–Kier alpha value is -5.38. The molecule has 0 N–H and O–H groups in total. The van der Waals surface area contributed by atoms with Crippen molar-refractivity contribution in [3.05, 3.63) is 163 Å². The smallest absolute Gasteiger partial charge is 0.310 e. The van der Waals surface area contributed by atoms with Crippen LogP contribution in [0, 0.1) is 38.5 Å². The third kappa shape index (κ3) is 19.7. The van der Waals surface area contributed by atoms with Gasteiger partial charge in [-0.15, -0.1) is 10.2 Å². The van der Waals surface area contributed by atoms with Gasteiger partial charge < -0.3 is 18.3 Å². The number of nitrogens with zero attached hydrogens (tertiary/aromatic N) is 4. The average molecular weight is 1320 g/mol. The average Bonchev–Trinajstić information content (AvgIpc) is 0.806. The molecule has 0 saturated carbocycles. The minimum atomic E-state index is -1.89. The van der Waals surface area contributed by atoms with Gasteiger partial charge in [0.2, 0.25) is 0 Å². The summed E-state index contributed by atoms with van der Waals surface area (Å²) in [6.45, 7) is 59.5. The lowest BCUT2D eigenvalue weighted by Gasteiger charge is -2.43. The second-order valence-electron chi connectivity index (χ2n) is 31.4. The highest BCUT2D eigenvalue weighted by molar-refractivity contribution is 6.74. The van der Waals surface area contributed by atoms with Gasteiger partial charge in [0, 0.05) is 27.5 Å². The van der Waals surface area contributed by atoms with E-state index in [1.165, 1.54) is 44.5 Å². The van der Waals surface area contributed by atoms with Crippen LogP contribution in [-0.2, 0) is 64.4 Å². The molecule has 0 saturated heterocycles. The Bertz CT molecular complexity index is 3470. The molecule has 0 aliphatic carbocycles. The van der Waals surface area contributed by atoms with Gasteiger partial charge in [-0.3, -0.25) is 9.59 Å². The first-order chi connectivity index (χ1) is 43.2. The lowest BCUT2D eigenvalue weighted by Crippen LogP contribution is -2.47. The van der Waals surface area contributed by atoms with Crippen LogP contribution < -0.4 is 0 Å². The summed E-state index contributed by atoms with van der Waals surface area (Å²) in [6.07, 6.45) is 10.3. The van der Waals surface area contributed by atoms with Crippen molar-refractivity contribution in [1.82, 2.24) is 20.4 Å². The Morgan fingerprint density at radius 1 is 0.462 bits per heavy atom. The Morgan fingerprint density at radius 2 is 0.828 bits per heavy atom. The first-order valence-corrected chi connectivity index (χ1v) is 40.8. The molecule has 2 unspecified atom stereocenters. The molecule has 0 bridgehead atoms. The molecule has 93 heavy (non-hydrogen) atoms. The van der Waals surface area contributed by atoms with Gasteiger partial charge in [-0.05, 0) is 213 Å². The maximum atomic E-state index is 12.1. The molecule has 6 rings (SSSR count). The summed E-state index contributed by atoms with van der Waals surface area (Å²) >= 11 is 6.29. The van der Waals surface area contributed by atoms with E-state index in [1.807, 2.05) is 19.1 Å². The molecule has 510 valence electrons. The normalized spacial score (nSPS) is 13.5. The fourth-order valence-corrected chi connectivity index (χ4v) is 15.8. The molecule has 0 aliphatic rings. The number of aromatic nitrogens is 4. The molecule has 6 aromatic rings. The number of esters is 2. The summed E-state index contributed by atoms with van der Waals surface area (Å²) in [5.74, 6) is -0.579. The maximum absolute atomic E-state index is 12.1. The van der Waals surface area contributed by atoms with Crippen molar-refractivity contribution in [2.75, 3.05) is 13.2 Å². The molecule has 2 heterocycles. The van der Waals surface area contributed by atoms with Crippen LogP contribution in [0.2, 0.25) is 41.4 Å². The van der Waals surface area contributed by atoms with E-state index in [4.69, 9.17) is 29.9 Å². The molecular weight excluding hydrogens is 1200 g/mol. The minimum Gasteiger partial charge on any atom is -0.466 e. The van der Waals surface area contributed by atoms with Crippen LogP contribution in [0.3, 0.4) is 0 Å². The molecule has 0 fully saturated rings. The van der Waals surface area contributed by atoms with Crippen LogP contribution in [0.1, 0.15) is 230 Å². The van der Waals surface area contributed by atoms with Crippen LogP contribution in [0.25, 0.3) is 22.5 Å². The molecular formula is C80H119ClN4O6Si2. The zero-order valence-electron chi connectivity index (χ0n) is 62.4. The molecule has 0 spiro atoms. The Labute approximate surface area is 570 Å². The van der Waals surface area contributed by atoms with Gasteiger partial charge in [0.15, 0.2) is 21.8 Å². The highest BCUT2D eigenvalue weighted by atomic mass is 35.5. The van der Waals surface area contributed by atoms with Crippen LogP contribution in [0.4, 0.5) is 0 Å². The number of hydrogen-bond donors (Lipinski definition) is 0. The lowest BCUT2D eigenvalue weighted by molar-refractivity contribution is -0.143. The first kappa shape index (κ1) is 78.3. The quantitative estimate of drug-likeness (QED) is 0.0383. The standard InChI is InChI=1S/C40H59ClN2O3Si.C40H60N2O3Si/c1-14-40(15-2,32-20-21-33(28(5)24-32)34-25-30(37(41)43-42-34)26-36(44)45-16-3)31-19-17-29(27(4)23-31)18-22-35(38(6,7)8)46-47(12,13)39(9,10)11;1-14-40(15-2,33-20-21-34(29(5)24-33)35-25-30(27-41-42-35)26-37(43)44-16-3)32-19-17-31(28(4)23-32)18-22-36(38(6,7)8)45-46(12,13)39(9,10)11/h17,19-21,23-25,35H,14-16,18,22,26H2,1-13H3;17,19-21,23-25,27,36H,14-16,18,22,26H2,1-13H3. The SMILES string of the molecule is CCOC(=O)Cc1cc(-c2ccc(C(CC)(CC)c3ccc(CCC(O[Si](C)(C)C(C)(C)C)C(C)(C)C)c(C)c3)cc2C)nnc1Cl.CCOC(=O)Cc1cnnc(-c2ccc(C(CC)(CC)c3ccc(CCC(O[Si](C)(C)C(C)(C)C)C(C)(C)C)c(C)c3)cc2C)c1. The number of hydrogen-bond acceptors (Lipinski definition) is 10. The van der Waals surface area contributed by atoms with E-state index in [0.29, 0.717) is 24.5 Å². The van der Waals surface area contributed by atoms with E-state index >= 15 is 0 Å². The topological polar surface area (TPSA) is 123 Å². The molecule has 2 aromatic heterocycles. The van der Waals surface area contributed by atoms with Crippen molar-refractivity contribution >= 4 is 40.2 Å². The summed E-state index contributed by atoms with van der Waals surface area (Å²) in [7, 11) is -3.77. The third-order valence-corrected chi connectivity index (χ3v) is 30.2. The van der Waals surface area contributed by atoms with E-state index in [2.05, 4.69) is 258 Å². The molecule has 0 aliphatic heterocycles. The van der Waals surface area contributed by atoms with Crippen molar-refractivity contribution in [3.63, 3.8) is 0 Å². The van der Waals surface area contributed by atoms with Gasteiger partial charge in [0.25, 0.3) is 0 Å². The van der Waals surface area contributed by atoms with E-state index in [1.54, 1.807) is 13.1 Å². The summed E-state index contributed by atoms with van der Waals surface area (Å²) < 4.78 is 24.2. The highest BCUT2D eigenvalue weighted by Gasteiger charge is 2.43. The monoisotopic (exact) mass is 1320 g/mol. The zero-order valence-corrected chi connectivity index (χ0v) is 65.2. The number of halogens is 1. The molecule has 0 radical (unpaired) electrons. The highest BCUT2D eigenvalue weighted by Crippen LogP contribution is 2.46. The summed E-state index contributed by atoms with van der Waals surface area (Å²) in [5, 5.41) is 17.7. The van der Waals surface area contributed by atoms with Gasteiger partial charge in [0.05, 0.1) is 55.8 Å². The van der Waals surface area contributed by atoms with Crippen LogP contribution in [-0.4, -0.2) is 74.4 Å². The van der Waals surface area contributed by atoms with Gasteiger partial charge in [-0.1, -0.05) is 195 Å². The summed E-state index contributed by atoms with van der Waals surface area (Å²) in [6, 6.07) is 31.5. The largest absolute Gasteiger partial charge is 0.466 e. The summed E-state index contributed by atoms with van der Waals surface area (Å²) in [5.41, 5.74) is 17.9.